The minimum absolute atomic E-state index is 0.194. The molecule has 0 spiro atoms. The first-order chi connectivity index (χ1) is 16.1. The third kappa shape index (κ3) is 4.76. The summed E-state index contributed by atoms with van der Waals surface area (Å²) in [6.45, 7) is 2.12. The number of fused-ring (bicyclic) bond motifs is 3. The molecule has 4 rings (SSSR count). The van der Waals surface area contributed by atoms with Gasteiger partial charge in [-0.2, -0.15) is 0 Å². The second-order valence-corrected chi connectivity index (χ2v) is 8.34. The molecule has 0 N–H and O–H groups in total. The lowest BCUT2D eigenvalue weighted by atomic mass is 9.82. The van der Waals surface area contributed by atoms with E-state index in [9.17, 15) is 22.0 Å². The van der Waals surface area contributed by atoms with Gasteiger partial charge in [0.05, 0.1) is 5.56 Å². The molecule has 0 bridgehead atoms. The van der Waals surface area contributed by atoms with Crippen LogP contribution >= 0.6 is 0 Å². The normalized spacial score (nSPS) is 12.9. The topological polar surface area (TPSA) is 9.23 Å². The molecule has 0 saturated heterocycles. The van der Waals surface area contributed by atoms with Crippen LogP contribution in [0.2, 0.25) is 0 Å². The Morgan fingerprint density at radius 2 is 1.53 bits per heavy atom. The fourth-order valence-corrected chi connectivity index (χ4v) is 4.44. The molecule has 3 aromatic carbocycles. The van der Waals surface area contributed by atoms with Gasteiger partial charge in [-0.15, -0.1) is 13.2 Å². The van der Waals surface area contributed by atoms with Gasteiger partial charge in [-0.25, -0.2) is 17.6 Å². The van der Waals surface area contributed by atoms with Crippen LogP contribution in [0.15, 0.2) is 36.4 Å². The van der Waals surface area contributed by atoms with Crippen LogP contribution in [0.25, 0.3) is 22.3 Å². The van der Waals surface area contributed by atoms with E-state index in [4.69, 9.17) is 0 Å². The third-order valence-electron chi connectivity index (χ3n) is 6.00. The number of hydrogen-bond donors (Lipinski definition) is 0. The Labute approximate surface area is 192 Å². The lowest BCUT2D eigenvalue weighted by Gasteiger charge is -2.23. The molecule has 1 aliphatic rings. The number of unbranched alkanes of at least 4 members (excludes halogenated alkanes) is 2. The van der Waals surface area contributed by atoms with Crippen molar-refractivity contribution in [1.82, 2.24) is 0 Å². The van der Waals surface area contributed by atoms with E-state index < -0.39 is 46.5 Å². The monoisotopic (exact) mass is 482 g/mol. The molecule has 8 heteroatoms. The molecule has 1 aliphatic carbocycles. The summed E-state index contributed by atoms with van der Waals surface area (Å²) in [6.07, 6.45) is -0.379. The number of halogens is 7. The van der Waals surface area contributed by atoms with Crippen LogP contribution in [0.1, 0.15) is 42.9 Å². The Balaban J connectivity index is 1.73. The van der Waals surface area contributed by atoms with Crippen molar-refractivity contribution >= 4 is 0 Å². The largest absolute Gasteiger partial charge is 0.573 e. The van der Waals surface area contributed by atoms with E-state index >= 15 is 8.78 Å². The van der Waals surface area contributed by atoms with E-state index in [1.54, 1.807) is 0 Å². The van der Waals surface area contributed by atoms with Gasteiger partial charge in [0.2, 0.25) is 5.75 Å². The number of alkyl halides is 3. The molecule has 0 aliphatic heterocycles. The Hall–Kier alpha value is -3.03. The fraction of sp³-hybridized carbons (Fsp3) is 0.308. The van der Waals surface area contributed by atoms with Gasteiger partial charge in [0.1, 0.15) is 11.6 Å². The van der Waals surface area contributed by atoms with Crippen molar-refractivity contribution < 1.29 is 35.5 Å². The Morgan fingerprint density at radius 1 is 0.824 bits per heavy atom. The van der Waals surface area contributed by atoms with Gasteiger partial charge in [-0.1, -0.05) is 38.0 Å². The maximum Gasteiger partial charge on any atom is 0.573 e. The molecule has 3 aromatic rings. The van der Waals surface area contributed by atoms with Gasteiger partial charge in [0.25, 0.3) is 0 Å². The van der Waals surface area contributed by atoms with E-state index in [-0.39, 0.29) is 12.0 Å². The van der Waals surface area contributed by atoms with Crippen molar-refractivity contribution in [2.45, 2.75) is 51.8 Å². The molecule has 0 unspecified atom stereocenters. The standard InChI is InChI=1S/C26H21F7O/c1-2-3-4-5-14-6-8-17-15(10-14)7-9-18-19(17)13-20(27)23(24(18)30)16-11-21(28)25(22(29)12-16)34-26(31,32)33/h6,8,10-13H,2-5,7,9H2,1H3. The third-order valence-corrected chi connectivity index (χ3v) is 6.00. The van der Waals surface area contributed by atoms with Crippen LogP contribution in [0.4, 0.5) is 30.7 Å². The zero-order valence-electron chi connectivity index (χ0n) is 18.3. The van der Waals surface area contributed by atoms with Crippen LogP contribution in [-0.4, -0.2) is 6.36 Å². The summed E-state index contributed by atoms with van der Waals surface area (Å²) in [5.41, 5.74) is 2.11. The summed E-state index contributed by atoms with van der Waals surface area (Å²) in [6, 6.07) is 7.77. The van der Waals surface area contributed by atoms with Crippen molar-refractivity contribution in [3.05, 3.63) is 76.4 Å². The summed E-state index contributed by atoms with van der Waals surface area (Å²) < 4.78 is 99.3. The summed E-state index contributed by atoms with van der Waals surface area (Å²) in [5, 5.41) is 0. The predicted molar refractivity (Wildman–Crippen MR) is 114 cm³/mol. The first-order valence-electron chi connectivity index (χ1n) is 11.0. The molecule has 0 aromatic heterocycles. The van der Waals surface area contributed by atoms with Crippen LogP contribution in [0.5, 0.6) is 5.75 Å². The minimum atomic E-state index is -5.32. The fourth-order valence-electron chi connectivity index (χ4n) is 4.44. The number of hydrogen-bond acceptors (Lipinski definition) is 1. The minimum Gasteiger partial charge on any atom is -0.399 e. The maximum atomic E-state index is 15.4. The van der Waals surface area contributed by atoms with E-state index in [0.29, 0.717) is 29.7 Å². The van der Waals surface area contributed by atoms with Gasteiger partial charge in [-0.05, 0) is 77.3 Å². The molecular formula is C26H21F7O. The Kier molecular flexibility index (Phi) is 6.60. The Morgan fingerprint density at radius 3 is 2.18 bits per heavy atom. The first kappa shape index (κ1) is 24.1. The summed E-state index contributed by atoms with van der Waals surface area (Å²) >= 11 is 0. The van der Waals surface area contributed by atoms with Crippen molar-refractivity contribution in [1.29, 1.82) is 0 Å². The summed E-state index contributed by atoms with van der Waals surface area (Å²) in [4.78, 5) is 0. The number of aryl methyl sites for hydroxylation is 2. The van der Waals surface area contributed by atoms with E-state index in [1.807, 2.05) is 18.2 Å². The molecule has 180 valence electrons. The van der Waals surface area contributed by atoms with Gasteiger partial charge in [-0.3, -0.25) is 0 Å². The van der Waals surface area contributed by atoms with Crippen LogP contribution in [0.3, 0.4) is 0 Å². The van der Waals surface area contributed by atoms with Crippen molar-refractivity contribution in [2.75, 3.05) is 0 Å². The molecular weight excluding hydrogens is 461 g/mol. The van der Waals surface area contributed by atoms with Gasteiger partial charge in [0, 0.05) is 0 Å². The predicted octanol–water partition coefficient (Wildman–Crippen LogP) is 8.31. The molecule has 1 nitrogen and oxygen atoms in total. The van der Waals surface area contributed by atoms with Gasteiger partial charge >= 0.3 is 6.36 Å². The van der Waals surface area contributed by atoms with Crippen LogP contribution in [-0.2, 0) is 19.3 Å². The molecule has 0 atom stereocenters. The van der Waals surface area contributed by atoms with Crippen LogP contribution < -0.4 is 4.74 Å². The molecule has 0 amide bonds. The SMILES string of the molecule is CCCCCc1ccc2c(c1)CCc1c-2cc(F)c(-c2cc(F)c(OC(F)(F)F)c(F)c2)c1F. The highest BCUT2D eigenvalue weighted by atomic mass is 19.4. The van der Waals surface area contributed by atoms with E-state index in [1.165, 1.54) is 0 Å². The first-order valence-corrected chi connectivity index (χ1v) is 11.0. The average Bonchev–Trinajstić information content (AvgIpc) is 2.75. The number of benzene rings is 3. The quantitative estimate of drug-likeness (QED) is 0.254. The van der Waals surface area contributed by atoms with Crippen molar-refractivity contribution in [3.8, 4) is 28.0 Å². The van der Waals surface area contributed by atoms with E-state index in [0.717, 1.165) is 42.9 Å². The zero-order chi connectivity index (χ0) is 24.6. The maximum absolute atomic E-state index is 15.4. The highest BCUT2D eigenvalue weighted by Crippen LogP contribution is 2.41. The van der Waals surface area contributed by atoms with Crippen molar-refractivity contribution in [3.63, 3.8) is 0 Å². The highest BCUT2D eigenvalue weighted by molar-refractivity contribution is 5.78. The summed E-state index contributed by atoms with van der Waals surface area (Å²) in [5.74, 6) is -7.18. The van der Waals surface area contributed by atoms with Crippen molar-refractivity contribution in [2.24, 2.45) is 0 Å². The molecule has 0 fully saturated rings. The number of rotatable bonds is 6. The molecule has 0 heterocycles. The highest BCUT2D eigenvalue weighted by Gasteiger charge is 2.34. The smallest absolute Gasteiger partial charge is 0.399 e. The summed E-state index contributed by atoms with van der Waals surface area (Å²) in [7, 11) is 0. The lowest BCUT2D eigenvalue weighted by molar-refractivity contribution is -0.276. The van der Waals surface area contributed by atoms with Crippen LogP contribution in [0, 0.1) is 23.3 Å². The molecule has 0 radical (unpaired) electrons. The zero-order valence-corrected chi connectivity index (χ0v) is 18.3. The molecule has 34 heavy (non-hydrogen) atoms. The Bertz CT molecular complexity index is 1210. The second kappa shape index (κ2) is 9.31. The lowest BCUT2D eigenvalue weighted by Crippen LogP contribution is -2.19. The van der Waals surface area contributed by atoms with E-state index in [2.05, 4.69) is 11.7 Å². The van der Waals surface area contributed by atoms with Gasteiger partial charge < -0.3 is 4.74 Å². The number of ether oxygens (including phenoxy) is 1. The van der Waals surface area contributed by atoms with Gasteiger partial charge in [0.15, 0.2) is 11.6 Å². The molecule has 0 saturated carbocycles. The average molecular weight is 482 g/mol. The second-order valence-electron chi connectivity index (χ2n) is 8.34.